The summed E-state index contributed by atoms with van der Waals surface area (Å²) in [5, 5.41) is 13.7. The van der Waals surface area contributed by atoms with Gasteiger partial charge in [-0.2, -0.15) is 0 Å². The lowest BCUT2D eigenvalue weighted by Gasteiger charge is -2.25. The number of benzene rings is 3. The predicted molar refractivity (Wildman–Crippen MR) is 142 cm³/mol. The summed E-state index contributed by atoms with van der Waals surface area (Å²) in [6, 6.07) is 24.6. The smallest absolute Gasteiger partial charge is 0.338 e. The number of carbonyl (C=O) groups is 3. The van der Waals surface area contributed by atoms with Crippen molar-refractivity contribution in [1.29, 1.82) is 0 Å². The van der Waals surface area contributed by atoms with Crippen LogP contribution in [0.4, 0.5) is 0 Å². The number of phenolic OH excluding ortho intramolecular Hbond substituents is 1. The minimum Gasteiger partial charge on any atom is -0.508 e. The van der Waals surface area contributed by atoms with E-state index in [9.17, 15) is 19.5 Å². The molecule has 7 nitrogen and oxygen atoms in total. The van der Waals surface area contributed by atoms with Crippen LogP contribution in [0.15, 0.2) is 96.6 Å². The van der Waals surface area contributed by atoms with E-state index in [-0.39, 0.29) is 31.2 Å². The van der Waals surface area contributed by atoms with Crippen molar-refractivity contribution in [3.63, 3.8) is 0 Å². The summed E-state index contributed by atoms with van der Waals surface area (Å²) in [5.41, 5.74) is 0.660. The predicted octanol–water partition coefficient (Wildman–Crippen LogP) is 4.62. The third-order valence-corrected chi connectivity index (χ3v) is 6.60. The second-order valence-electron chi connectivity index (χ2n) is 9.04. The zero-order valence-corrected chi connectivity index (χ0v) is 21.4. The topological polar surface area (TPSA) is 102 Å². The number of rotatable bonds is 9. The zero-order valence-electron chi connectivity index (χ0n) is 21.4. The standard InChI is InChI=1S/C31H31NO6/c1-3-37-29(35)31(30(36)38-4-2)20-23(28(32-31)24-17-11-12-18-25(24)33)19-26(34)27(21-13-7-5-8-14-21)22-15-9-6-10-16-22/h5-19,27-28,32-33H,3-4,20H2,1-2H3/b23-19+. The second-order valence-corrected chi connectivity index (χ2v) is 9.04. The molecule has 7 heteroatoms. The van der Waals surface area contributed by atoms with Gasteiger partial charge in [0.05, 0.1) is 25.2 Å². The zero-order chi connectivity index (χ0) is 27.1. The molecule has 1 unspecified atom stereocenters. The Morgan fingerprint density at radius 1 is 0.868 bits per heavy atom. The van der Waals surface area contributed by atoms with Gasteiger partial charge in [-0.05, 0) is 42.7 Å². The largest absolute Gasteiger partial charge is 0.508 e. The molecule has 0 saturated carbocycles. The van der Waals surface area contributed by atoms with E-state index in [0.717, 1.165) is 11.1 Å². The van der Waals surface area contributed by atoms with Crippen LogP contribution in [-0.2, 0) is 23.9 Å². The summed E-state index contributed by atoms with van der Waals surface area (Å²) in [6.45, 7) is 3.42. The van der Waals surface area contributed by atoms with Gasteiger partial charge in [-0.1, -0.05) is 78.9 Å². The van der Waals surface area contributed by atoms with E-state index in [1.165, 1.54) is 12.1 Å². The number of carbonyl (C=O) groups excluding carboxylic acids is 3. The Bertz CT molecular complexity index is 1260. The molecule has 1 fully saturated rings. The fourth-order valence-electron chi connectivity index (χ4n) is 4.87. The summed E-state index contributed by atoms with van der Waals surface area (Å²) in [5.74, 6) is -2.44. The number of hydrogen-bond donors (Lipinski definition) is 2. The lowest BCUT2D eigenvalue weighted by atomic mass is 9.85. The van der Waals surface area contributed by atoms with Gasteiger partial charge in [0.25, 0.3) is 0 Å². The molecule has 1 atom stereocenters. The van der Waals surface area contributed by atoms with Crippen LogP contribution in [0.3, 0.4) is 0 Å². The number of para-hydroxylation sites is 1. The number of aromatic hydroxyl groups is 1. The SMILES string of the molecule is CCOC(=O)C1(C(=O)OCC)C/C(=C\C(=O)C(c2ccccc2)c2ccccc2)C(c2ccccc2O)N1. The lowest BCUT2D eigenvalue weighted by Crippen LogP contribution is -2.56. The first-order valence-corrected chi connectivity index (χ1v) is 12.7. The van der Waals surface area contributed by atoms with E-state index in [2.05, 4.69) is 5.32 Å². The van der Waals surface area contributed by atoms with Crippen molar-refractivity contribution < 1.29 is 29.0 Å². The normalized spacial score (nSPS) is 17.3. The van der Waals surface area contributed by atoms with Gasteiger partial charge in [-0.3, -0.25) is 10.1 Å². The molecule has 0 bridgehead atoms. The Hall–Kier alpha value is -4.23. The molecule has 196 valence electrons. The van der Waals surface area contributed by atoms with E-state index in [4.69, 9.17) is 9.47 Å². The van der Waals surface area contributed by atoms with Crippen LogP contribution in [0.2, 0.25) is 0 Å². The first-order valence-electron chi connectivity index (χ1n) is 12.7. The molecule has 0 radical (unpaired) electrons. The number of ketones is 1. The maximum absolute atomic E-state index is 14.0. The highest BCUT2D eigenvalue weighted by Gasteiger charge is 2.56. The minimum absolute atomic E-state index is 0.0328. The van der Waals surface area contributed by atoms with Crippen LogP contribution in [-0.4, -0.2) is 41.6 Å². The van der Waals surface area contributed by atoms with Gasteiger partial charge in [-0.25, -0.2) is 9.59 Å². The summed E-state index contributed by atoms with van der Waals surface area (Å²) in [6.07, 6.45) is 1.33. The van der Waals surface area contributed by atoms with E-state index in [0.29, 0.717) is 11.1 Å². The molecule has 2 N–H and O–H groups in total. The molecule has 0 aliphatic carbocycles. The van der Waals surface area contributed by atoms with E-state index in [1.54, 1.807) is 32.0 Å². The molecule has 4 rings (SSSR count). The molecule has 1 aliphatic rings. The molecule has 0 amide bonds. The Morgan fingerprint density at radius 3 is 1.87 bits per heavy atom. The van der Waals surface area contributed by atoms with Crippen LogP contribution in [0.25, 0.3) is 0 Å². The highest BCUT2D eigenvalue weighted by Crippen LogP contribution is 2.42. The summed E-state index contributed by atoms with van der Waals surface area (Å²) >= 11 is 0. The Labute approximate surface area is 222 Å². The van der Waals surface area contributed by atoms with Gasteiger partial charge in [0.1, 0.15) is 5.75 Å². The number of allylic oxidation sites excluding steroid dienone is 1. The number of nitrogens with one attached hydrogen (secondary N) is 1. The van der Waals surface area contributed by atoms with Gasteiger partial charge >= 0.3 is 11.9 Å². The maximum Gasteiger partial charge on any atom is 0.338 e. The van der Waals surface area contributed by atoms with Crippen LogP contribution < -0.4 is 5.32 Å². The Balaban J connectivity index is 1.84. The first kappa shape index (κ1) is 26.8. The highest BCUT2D eigenvalue weighted by atomic mass is 16.6. The lowest BCUT2D eigenvalue weighted by molar-refractivity contribution is -0.165. The Morgan fingerprint density at radius 2 is 1.37 bits per heavy atom. The van der Waals surface area contributed by atoms with E-state index < -0.39 is 29.4 Å². The van der Waals surface area contributed by atoms with Crippen molar-refractivity contribution in [2.45, 2.75) is 37.8 Å². The monoisotopic (exact) mass is 513 g/mol. The molecule has 1 aliphatic heterocycles. The molecule has 38 heavy (non-hydrogen) atoms. The highest BCUT2D eigenvalue weighted by molar-refractivity contribution is 6.07. The third kappa shape index (κ3) is 5.38. The van der Waals surface area contributed by atoms with Gasteiger partial charge in [0.15, 0.2) is 5.78 Å². The van der Waals surface area contributed by atoms with Crippen LogP contribution in [0.5, 0.6) is 5.75 Å². The van der Waals surface area contributed by atoms with E-state index in [1.807, 2.05) is 60.7 Å². The molecule has 3 aromatic carbocycles. The fraction of sp³-hybridized carbons (Fsp3) is 0.258. The van der Waals surface area contributed by atoms with Gasteiger partial charge in [-0.15, -0.1) is 0 Å². The van der Waals surface area contributed by atoms with Crippen molar-refractivity contribution in [2.24, 2.45) is 0 Å². The first-order chi connectivity index (χ1) is 18.4. The Kier molecular flexibility index (Phi) is 8.38. The average Bonchev–Trinajstić information content (AvgIpc) is 3.31. The fourth-order valence-corrected chi connectivity index (χ4v) is 4.87. The van der Waals surface area contributed by atoms with Crippen LogP contribution >= 0.6 is 0 Å². The maximum atomic E-state index is 14.0. The van der Waals surface area contributed by atoms with Crippen LogP contribution in [0, 0.1) is 0 Å². The molecular weight excluding hydrogens is 482 g/mol. The second kappa shape index (κ2) is 11.9. The minimum atomic E-state index is -1.86. The number of ether oxygens (including phenoxy) is 2. The van der Waals surface area contributed by atoms with Gasteiger partial charge in [0, 0.05) is 12.0 Å². The molecular formula is C31H31NO6. The molecule has 0 aromatic heterocycles. The number of phenols is 1. The average molecular weight is 514 g/mol. The molecule has 3 aromatic rings. The summed E-state index contributed by atoms with van der Waals surface area (Å²) in [4.78, 5) is 40.4. The molecule has 1 heterocycles. The molecule has 1 saturated heterocycles. The third-order valence-electron chi connectivity index (χ3n) is 6.60. The number of esters is 2. The van der Waals surface area contributed by atoms with Crippen molar-refractivity contribution in [3.8, 4) is 5.75 Å². The van der Waals surface area contributed by atoms with Crippen molar-refractivity contribution in [1.82, 2.24) is 5.32 Å². The number of hydrogen-bond acceptors (Lipinski definition) is 7. The van der Waals surface area contributed by atoms with Gasteiger partial charge in [0.2, 0.25) is 5.54 Å². The van der Waals surface area contributed by atoms with Gasteiger partial charge < -0.3 is 14.6 Å². The van der Waals surface area contributed by atoms with Crippen LogP contribution in [0.1, 0.15) is 48.9 Å². The van der Waals surface area contributed by atoms with E-state index >= 15 is 0 Å². The van der Waals surface area contributed by atoms with Crippen molar-refractivity contribution >= 4 is 17.7 Å². The molecule has 0 spiro atoms. The quantitative estimate of drug-likeness (QED) is 0.245. The summed E-state index contributed by atoms with van der Waals surface area (Å²) in [7, 11) is 0. The van der Waals surface area contributed by atoms with Crippen molar-refractivity contribution in [2.75, 3.05) is 13.2 Å². The van der Waals surface area contributed by atoms with Crippen molar-refractivity contribution in [3.05, 3.63) is 113 Å². The summed E-state index contributed by atoms with van der Waals surface area (Å²) < 4.78 is 10.5.